The Morgan fingerprint density at radius 1 is 1.27 bits per heavy atom. The fourth-order valence-electron chi connectivity index (χ4n) is 4.37. The lowest BCUT2D eigenvalue weighted by atomic mass is 10.1. The van der Waals surface area contributed by atoms with E-state index in [1.54, 1.807) is 25.1 Å². The number of hydrogen-bond donors (Lipinski definition) is 1. The lowest BCUT2D eigenvalue weighted by molar-refractivity contribution is -0.138. The van der Waals surface area contributed by atoms with Crippen molar-refractivity contribution in [1.29, 1.82) is 0 Å². The molecule has 3 aromatic rings. The Labute approximate surface area is 219 Å². The first-order valence-corrected chi connectivity index (χ1v) is 12.6. The summed E-state index contributed by atoms with van der Waals surface area (Å²) in [5, 5.41) is 15.2. The molecular weight excluding hydrogens is 529 g/mol. The number of morpholine rings is 1. The van der Waals surface area contributed by atoms with Crippen LogP contribution in [0.15, 0.2) is 46.3 Å². The quantitative estimate of drug-likeness (QED) is 0.473. The number of aromatic nitrogens is 2. The van der Waals surface area contributed by atoms with Gasteiger partial charge in [0.05, 0.1) is 47.5 Å². The summed E-state index contributed by atoms with van der Waals surface area (Å²) in [5.74, 6) is -0.345. The first kappa shape index (κ1) is 25.8. The van der Waals surface area contributed by atoms with E-state index in [1.165, 1.54) is 28.6 Å². The number of nitrogens with zero attached hydrogens (tertiary/aromatic N) is 4. The third-order valence-corrected chi connectivity index (χ3v) is 7.46. The number of carbonyl (C=O) groups excluding carboxylic acids is 1. The molecule has 2 aromatic carbocycles. The highest BCUT2D eigenvalue weighted by Crippen LogP contribution is 2.35. The Morgan fingerprint density at radius 3 is 2.84 bits per heavy atom. The predicted octanol–water partition coefficient (Wildman–Crippen LogP) is 4.73. The summed E-state index contributed by atoms with van der Waals surface area (Å²) >= 11 is 7.08. The highest BCUT2D eigenvalue weighted by molar-refractivity contribution is 8.18. The van der Waals surface area contributed by atoms with E-state index in [1.807, 2.05) is 11.0 Å². The lowest BCUT2D eigenvalue weighted by Crippen LogP contribution is -2.45. The van der Waals surface area contributed by atoms with Crippen molar-refractivity contribution in [3.63, 3.8) is 0 Å². The highest BCUT2D eigenvalue weighted by Gasteiger charge is 2.34. The summed E-state index contributed by atoms with van der Waals surface area (Å²) in [4.78, 5) is 19.1. The van der Waals surface area contributed by atoms with E-state index in [4.69, 9.17) is 16.3 Å². The Balaban J connectivity index is 1.39. The van der Waals surface area contributed by atoms with Crippen molar-refractivity contribution in [1.82, 2.24) is 14.7 Å². The molecule has 0 spiro atoms. The average Bonchev–Trinajstić information content (AvgIpc) is 3.38. The van der Waals surface area contributed by atoms with E-state index >= 15 is 0 Å². The fraction of sp³-hybridized carbons (Fsp3) is 0.320. The van der Waals surface area contributed by atoms with Gasteiger partial charge in [0.1, 0.15) is 0 Å². The van der Waals surface area contributed by atoms with Gasteiger partial charge in [0.2, 0.25) is 0 Å². The molecule has 5 rings (SSSR count). The van der Waals surface area contributed by atoms with Crippen molar-refractivity contribution in [2.75, 3.05) is 26.3 Å². The molecule has 0 saturated carbocycles. The normalized spacial score (nSPS) is 19.8. The number of thioether (sulfide) groups is 1. The van der Waals surface area contributed by atoms with E-state index < -0.39 is 11.7 Å². The predicted molar refractivity (Wildman–Crippen MR) is 136 cm³/mol. The fourth-order valence-corrected chi connectivity index (χ4v) is 5.49. The van der Waals surface area contributed by atoms with Gasteiger partial charge in [-0.1, -0.05) is 23.7 Å². The van der Waals surface area contributed by atoms with Crippen LogP contribution in [0.4, 0.5) is 13.2 Å². The molecule has 0 unspecified atom stereocenters. The van der Waals surface area contributed by atoms with E-state index in [0.29, 0.717) is 41.0 Å². The lowest BCUT2D eigenvalue weighted by Gasteiger charge is -2.32. The monoisotopic (exact) mass is 550 g/mol. The van der Waals surface area contributed by atoms with Crippen molar-refractivity contribution in [3.8, 4) is 0 Å². The van der Waals surface area contributed by atoms with Crippen LogP contribution in [-0.2, 0) is 22.3 Å². The van der Waals surface area contributed by atoms with Gasteiger partial charge in [0.15, 0.2) is 5.17 Å². The molecule has 12 heteroatoms. The largest absolute Gasteiger partial charge is 0.416 e. The Kier molecular flexibility index (Phi) is 7.06. The Morgan fingerprint density at radius 2 is 2.08 bits per heavy atom. The number of carbonyl (C=O) groups is 1. The summed E-state index contributed by atoms with van der Waals surface area (Å²) in [7, 11) is 0. The molecule has 1 saturated heterocycles. The molecule has 1 N–H and O–H groups in total. The van der Waals surface area contributed by atoms with Gasteiger partial charge in [-0.3, -0.25) is 9.48 Å². The zero-order valence-corrected chi connectivity index (χ0v) is 21.2. The second-order valence-electron chi connectivity index (χ2n) is 8.75. The van der Waals surface area contributed by atoms with Gasteiger partial charge in [0, 0.05) is 23.5 Å². The van der Waals surface area contributed by atoms with Gasteiger partial charge >= 0.3 is 6.18 Å². The molecule has 1 amide bonds. The number of ether oxygens (including phenoxy) is 1. The first-order chi connectivity index (χ1) is 17.6. The van der Waals surface area contributed by atoms with Crippen molar-refractivity contribution < 1.29 is 27.8 Å². The van der Waals surface area contributed by atoms with Crippen LogP contribution in [0.2, 0.25) is 5.02 Å². The van der Waals surface area contributed by atoms with E-state index in [9.17, 15) is 23.1 Å². The van der Waals surface area contributed by atoms with Gasteiger partial charge < -0.3 is 14.7 Å². The summed E-state index contributed by atoms with van der Waals surface area (Å²) in [6.45, 7) is 3.09. The second kappa shape index (κ2) is 10.1. The van der Waals surface area contributed by atoms with Crippen molar-refractivity contribution in [2.24, 2.45) is 4.99 Å². The third-order valence-electron chi connectivity index (χ3n) is 6.18. The van der Waals surface area contributed by atoms with Crippen LogP contribution in [0.25, 0.3) is 17.0 Å². The Hall–Kier alpha value is -2.86. The number of rotatable bonds is 4. The smallest absolute Gasteiger partial charge is 0.394 e. The van der Waals surface area contributed by atoms with Gasteiger partial charge in [-0.05, 0) is 60.2 Å². The first-order valence-electron chi connectivity index (χ1n) is 11.4. The van der Waals surface area contributed by atoms with Crippen LogP contribution in [0.1, 0.15) is 22.4 Å². The molecule has 0 bridgehead atoms. The van der Waals surface area contributed by atoms with E-state index in [-0.39, 0.29) is 35.7 Å². The number of benzene rings is 2. The minimum atomic E-state index is -4.54. The molecule has 1 aromatic heterocycles. The van der Waals surface area contributed by atoms with Crippen molar-refractivity contribution in [2.45, 2.75) is 25.7 Å². The standard InChI is InChI=1S/C25H22ClF3N4O3S/c1-14-19-8-15(9-22-23(35)30-24(37-22)32-6-7-36-18(12-32)13-34)2-5-21(19)33(31-14)11-16-3-4-17(26)10-20(16)25(27,28)29/h2-5,8-10,18,34H,6-7,11-13H2,1H3/t18-/m0/s1. The maximum absolute atomic E-state index is 13.6. The van der Waals surface area contributed by atoms with E-state index in [2.05, 4.69) is 10.1 Å². The number of amides is 1. The van der Waals surface area contributed by atoms with E-state index in [0.717, 1.165) is 17.0 Å². The van der Waals surface area contributed by atoms with Gasteiger partial charge in [-0.15, -0.1) is 0 Å². The maximum atomic E-state index is 13.6. The molecule has 3 heterocycles. The average molecular weight is 551 g/mol. The van der Waals surface area contributed by atoms with Crippen LogP contribution in [-0.4, -0.2) is 63.3 Å². The topological polar surface area (TPSA) is 80.0 Å². The van der Waals surface area contributed by atoms with Crippen LogP contribution < -0.4 is 0 Å². The molecule has 37 heavy (non-hydrogen) atoms. The minimum Gasteiger partial charge on any atom is -0.394 e. The summed E-state index contributed by atoms with van der Waals surface area (Å²) in [6.07, 6.45) is -3.11. The van der Waals surface area contributed by atoms with Gasteiger partial charge in [-0.25, -0.2) is 0 Å². The highest BCUT2D eigenvalue weighted by atomic mass is 35.5. The third kappa shape index (κ3) is 5.40. The van der Waals surface area contributed by atoms with Gasteiger partial charge in [0.25, 0.3) is 5.91 Å². The molecule has 7 nitrogen and oxygen atoms in total. The van der Waals surface area contributed by atoms with Crippen molar-refractivity contribution >= 4 is 51.4 Å². The molecule has 0 aliphatic carbocycles. The SMILES string of the molecule is Cc1nn(Cc2ccc(Cl)cc2C(F)(F)F)c2ccc(C=C3SC(N4CCO[C@H](CO)C4)=NC3=O)cc12. The molecular formula is C25H22ClF3N4O3S. The number of amidine groups is 1. The number of aliphatic hydroxyl groups excluding tert-OH is 1. The molecule has 2 aliphatic heterocycles. The maximum Gasteiger partial charge on any atom is 0.416 e. The number of aryl methyl sites for hydroxylation is 1. The zero-order valence-electron chi connectivity index (χ0n) is 19.6. The molecule has 1 fully saturated rings. The molecule has 2 aliphatic rings. The van der Waals surface area contributed by atoms with Crippen LogP contribution in [0.3, 0.4) is 0 Å². The molecule has 0 radical (unpaired) electrons. The number of alkyl halides is 3. The molecule has 194 valence electrons. The number of hydrogen-bond acceptors (Lipinski definition) is 6. The van der Waals surface area contributed by atoms with Crippen LogP contribution in [0, 0.1) is 6.92 Å². The van der Waals surface area contributed by atoms with Crippen LogP contribution >= 0.6 is 23.4 Å². The second-order valence-corrected chi connectivity index (χ2v) is 10.2. The summed E-state index contributed by atoms with van der Waals surface area (Å²) < 4.78 is 47.7. The number of aliphatic hydroxyl groups is 1. The zero-order chi connectivity index (χ0) is 26.3. The summed E-state index contributed by atoms with van der Waals surface area (Å²) in [5.41, 5.74) is 1.36. The van der Waals surface area contributed by atoms with Gasteiger partial charge in [-0.2, -0.15) is 23.3 Å². The summed E-state index contributed by atoms with van der Waals surface area (Å²) in [6, 6.07) is 9.16. The minimum absolute atomic E-state index is 0.0172. The van der Waals surface area contributed by atoms with Crippen molar-refractivity contribution in [3.05, 3.63) is 68.7 Å². The Bertz CT molecular complexity index is 1440. The number of halogens is 4. The number of fused-ring (bicyclic) bond motifs is 1. The molecule has 1 atom stereocenters. The van der Waals surface area contributed by atoms with Crippen LogP contribution in [0.5, 0.6) is 0 Å². The number of aliphatic imine (C=N–C) groups is 1.